The van der Waals surface area contributed by atoms with Crippen LogP contribution in [0.25, 0.3) is 0 Å². The summed E-state index contributed by atoms with van der Waals surface area (Å²) in [6, 6.07) is 8.90. The minimum atomic E-state index is 0. The smallest absolute Gasteiger partial charge is 0.191 e. The summed E-state index contributed by atoms with van der Waals surface area (Å²) in [4.78, 5) is 9.53. The molecule has 1 aliphatic heterocycles. The van der Waals surface area contributed by atoms with E-state index >= 15 is 0 Å². The molecule has 0 radical (unpaired) electrons. The number of rotatable bonds is 6. The van der Waals surface area contributed by atoms with E-state index in [-0.39, 0.29) is 24.0 Å². The number of nitrogens with zero attached hydrogens (tertiary/aromatic N) is 2. The molecule has 25 heavy (non-hydrogen) atoms. The van der Waals surface area contributed by atoms with Gasteiger partial charge in [-0.3, -0.25) is 9.89 Å². The van der Waals surface area contributed by atoms with Crippen molar-refractivity contribution in [2.24, 2.45) is 4.99 Å². The topological polar surface area (TPSA) is 48.9 Å². The molecule has 138 valence electrons. The number of halogens is 1. The average molecular weight is 492 g/mol. The first-order valence-corrected chi connectivity index (χ1v) is 9.95. The number of guanidine groups is 1. The average Bonchev–Trinajstić information content (AvgIpc) is 3.32. The minimum Gasteiger partial charge on any atom is -0.379 e. The molecule has 0 aliphatic carbocycles. The lowest BCUT2D eigenvalue weighted by atomic mass is 10.2. The predicted molar refractivity (Wildman–Crippen MR) is 117 cm³/mol. The Labute approximate surface area is 174 Å². The normalized spacial score (nSPS) is 16.9. The Morgan fingerprint density at radius 2 is 1.96 bits per heavy atom. The van der Waals surface area contributed by atoms with Crippen molar-refractivity contribution in [1.29, 1.82) is 0 Å². The van der Waals surface area contributed by atoms with Gasteiger partial charge in [0.25, 0.3) is 0 Å². The molecular weight excluding hydrogens is 467 g/mol. The lowest BCUT2D eigenvalue weighted by Crippen LogP contribution is -2.45. The van der Waals surface area contributed by atoms with Crippen molar-refractivity contribution in [2.45, 2.75) is 12.6 Å². The van der Waals surface area contributed by atoms with E-state index in [0.717, 1.165) is 45.4 Å². The summed E-state index contributed by atoms with van der Waals surface area (Å²) in [6.45, 7) is 5.22. The highest BCUT2D eigenvalue weighted by atomic mass is 127. The van der Waals surface area contributed by atoms with E-state index in [0.29, 0.717) is 6.04 Å². The van der Waals surface area contributed by atoms with Crippen molar-refractivity contribution in [2.75, 3.05) is 39.9 Å². The molecule has 2 aromatic rings. The molecule has 0 aromatic carbocycles. The summed E-state index contributed by atoms with van der Waals surface area (Å²) in [5, 5.41) is 11.1. The zero-order valence-electron chi connectivity index (χ0n) is 14.3. The molecule has 3 rings (SSSR count). The third-order valence-corrected chi connectivity index (χ3v) is 5.90. The van der Waals surface area contributed by atoms with Gasteiger partial charge >= 0.3 is 0 Å². The van der Waals surface area contributed by atoms with Gasteiger partial charge in [0.1, 0.15) is 0 Å². The molecule has 1 saturated heterocycles. The fourth-order valence-electron chi connectivity index (χ4n) is 2.78. The second-order valence-corrected chi connectivity index (χ2v) is 7.58. The molecule has 3 heterocycles. The van der Waals surface area contributed by atoms with E-state index in [4.69, 9.17) is 4.74 Å². The van der Waals surface area contributed by atoms with Gasteiger partial charge in [-0.05, 0) is 22.9 Å². The van der Waals surface area contributed by atoms with Gasteiger partial charge < -0.3 is 15.4 Å². The Morgan fingerprint density at radius 1 is 1.20 bits per heavy atom. The highest BCUT2D eigenvalue weighted by Gasteiger charge is 2.23. The minimum absolute atomic E-state index is 0. The van der Waals surface area contributed by atoms with Crippen molar-refractivity contribution < 1.29 is 4.74 Å². The van der Waals surface area contributed by atoms with Crippen molar-refractivity contribution in [3.05, 3.63) is 44.8 Å². The van der Waals surface area contributed by atoms with E-state index in [2.05, 4.69) is 55.6 Å². The molecule has 1 aliphatic rings. The van der Waals surface area contributed by atoms with Gasteiger partial charge in [-0.1, -0.05) is 12.1 Å². The third-order valence-electron chi connectivity index (χ3n) is 4.05. The molecule has 0 spiro atoms. The number of aliphatic imine (C=N–C) groups is 1. The molecule has 2 N–H and O–H groups in total. The fraction of sp³-hybridized carbons (Fsp3) is 0.471. The summed E-state index contributed by atoms with van der Waals surface area (Å²) in [5.41, 5.74) is 0. The van der Waals surface area contributed by atoms with Crippen molar-refractivity contribution >= 4 is 52.6 Å². The number of hydrogen-bond acceptors (Lipinski definition) is 5. The van der Waals surface area contributed by atoms with Crippen molar-refractivity contribution in [3.8, 4) is 0 Å². The van der Waals surface area contributed by atoms with Gasteiger partial charge in [0.05, 0.1) is 25.8 Å². The van der Waals surface area contributed by atoms with Crippen LogP contribution in [-0.4, -0.2) is 50.8 Å². The number of thiophene rings is 2. The molecule has 0 saturated carbocycles. The Morgan fingerprint density at radius 3 is 2.60 bits per heavy atom. The summed E-state index contributed by atoms with van der Waals surface area (Å²) < 4.78 is 5.50. The Balaban J connectivity index is 0.00000225. The van der Waals surface area contributed by atoms with Gasteiger partial charge in [0.2, 0.25) is 0 Å². The summed E-state index contributed by atoms with van der Waals surface area (Å²) in [5.74, 6) is 0.846. The largest absolute Gasteiger partial charge is 0.379 e. The first-order chi connectivity index (χ1) is 11.9. The van der Waals surface area contributed by atoms with Crippen LogP contribution in [0, 0.1) is 0 Å². The van der Waals surface area contributed by atoms with Crippen LogP contribution in [0.5, 0.6) is 0 Å². The lowest BCUT2D eigenvalue weighted by molar-refractivity contribution is 0.0177. The molecular formula is C17H25IN4OS2. The molecule has 5 nitrogen and oxygen atoms in total. The maximum atomic E-state index is 5.50. The molecule has 0 amide bonds. The maximum absolute atomic E-state index is 5.50. The zero-order valence-corrected chi connectivity index (χ0v) is 18.3. The van der Waals surface area contributed by atoms with Crippen LogP contribution in [0.15, 0.2) is 40.0 Å². The Bertz CT molecular complexity index is 613. The second kappa shape index (κ2) is 11.1. The van der Waals surface area contributed by atoms with E-state index in [1.54, 1.807) is 11.3 Å². The van der Waals surface area contributed by atoms with Gasteiger partial charge in [-0.15, -0.1) is 46.7 Å². The van der Waals surface area contributed by atoms with Gasteiger partial charge in [0.15, 0.2) is 5.96 Å². The third kappa shape index (κ3) is 6.21. The lowest BCUT2D eigenvalue weighted by Gasteiger charge is -2.34. The van der Waals surface area contributed by atoms with Crippen molar-refractivity contribution in [3.63, 3.8) is 0 Å². The monoisotopic (exact) mass is 492 g/mol. The summed E-state index contributed by atoms with van der Waals surface area (Å²) >= 11 is 3.57. The first kappa shape index (κ1) is 20.6. The van der Waals surface area contributed by atoms with Crippen molar-refractivity contribution in [1.82, 2.24) is 15.5 Å². The van der Waals surface area contributed by atoms with E-state index in [9.17, 15) is 0 Å². The highest BCUT2D eigenvalue weighted by molar-refractivity contribution is 14.0. The van der Waals surface area contributed by atoms with E-state index in [1.165, 1.54) is 9.75 Å². The molecule has 1 unspecified atom stereocenters. The molecule has 0 bridgehead atoms. The number of morpholine rings is 1. The Hall–Kier alpha value is -0.680. The van der Waals surface area contributed by atoms with Crippen LogP contribution in [0.1, 0.15) is 15.8 Å². The summed E-state index contributed by atoms with van der Waals surface area (Å²) in [7, 11) is 1.82. The first-order valence-electron chi connectivity index (χ1n) is 8.19. The SMILES string of the molecule is CN=C(NCc1cccs1)NCC(c1cccs1)N1CCOCC1.I. The zero-order chi connectivity index (χ0) is 16.6. The quantitative estimate of drug-likeness (QED) is 0.370. The molecule has 2 aromatic heterocycles. The van der Waals surface area contributed by atoms with Crippen LogP contribution in [0.2, 0.25) is 0 Å². The maximum Gasteiger partial charge on any atom is 0.191 e. The summed E-state index contributed by atoms with van der Waals surface area (Å²) in [6.07, 6.45) is 0. The number of nitrogens with one attached hydrogen (secondary N) is 2. The molecule has 1 fully saturated rings. The second-order valence-electron chi connectivity index (χ2n) is 5.57. The molecule has 1 atom stereocenters. The van der Waals surface area contributed by atoms with Crippen LogP contribution in [0.3, 0.4) is 0 Å². The number of ether oxygens (including phenoxy) is 1. The van der Waals surface area contributed by atoms with Crippen LogP contribution in [-0.2, 0) is 11.3 Å². The van der Waals surface area contributed by atoms with Gasteiger partial charge in [-0.2, -0.15) is 0 Å². The number of hydrogen-bond donors (Lipinski definition) is 2. The van der Waals surface area contributed by atoms with Crippen LogP contribution >= 0.6 is 46.7 Å². The predicted octanol–water partition coefficient (Wildman–Crippen LogP) is 3.17. The van der Waals surface area contributed by atoms with Gasteiger partial charge in [0, 0.05) is 36.4 Å². The van der Waals surface area contributed by atoms with E-state index in [1.807, 2.05) is 18.4 Å². The van der Waals surface area contributed by atoms with Gasteiger partial charge in [-0.25, -0.2) is 0 Å². The van der Waals surface area contributed by atoms with Crippen LogP contribution < -0.4 is 10.6 Å². The fourth-order valence-corrected chi connectivity index (χ4v) is 4.28. The standard InChI is InChI=1S/C17H24N4OS2.HI/c1-18-17(19-12-14-4-2-10-23-14)20-13-15(16-5-3-11-24-16)21-6-8-22-9-7-21;/h2-5,10-11,15H,6-9,12-13H2,1H3,(H2,18,19,20);1H. The molecule has 8 heteroatoms. The van der Waals surface area contributed by atoms with E-state index < -0.39 is 0 Å². The van der Waals surface area contributed by atoms with Crippen LogP contribution in [0.4, 0.5) is 0 Å². The highest BCUT2D eigenvalue weighted by Crippen LogP contribution is 2.25. The Kier molecular flexibility index (Phi) is 9.18.